The summed E-state index contributed by atoms with van der Waals surface area (Å²) in [7, 11) is -4.91. The normalized spacial score (nSPS) is 22.8. The summed E-state index contributed by atoms with van der Waals surface area (Å²) in [5.74, 6) is -0.560. The summed E-state index contributed by atoms with van der Waals surface area (Å²) in [6.45, 7) is 10.1. The van der Waals surface area contributed by atoms with Crippen LogP contribution < -0.4 is 0 Å². The third-order valence-electron chi connectivity index (χ3n) is 4.78. The van der Waals surface area contributed by atoms with Gasteiger partial charge < -0.3 is 9.05 Å². The summed E-state index contributed by atoms with van der Waals surface area (Å²) in [6, 6.07) is 13.5. The molecule has 1 heterocycles. The molecule has 2 aromatic carbocycles. The van der Waals surface area contributed by atoms with Crippen molar-refractivity contribution in [2.24, 2.45) is 0 Å². The van der Waals surface area contributed by atoms with Crippen molar-refractivity contribution < 1.29 is 17.8 Å². The van der Waals surface area contributed by atoms with Gasteiger partial charge in [-0.2, -0.15) is 4.31 Å². The second kappa shape index (κ2) is 8.60. The van der Waals surface area contributed by atoms with Crippen LogP contribution in [0.1, 0.15) is 42.1 Å². The van der Waals surface area contributed by atoms with Crippen LogP contribution in [0, 0.1) is 20.8 Å². The first kappa shape index (κ1) is 21.4. The monoisotopic (exact) mass is 421 g/mol. The van der Waals surface area contributed by atoms with E-state index in [1.807, 2.05) is 63.2 Å². The summed E-state index contributed by atoms with van der Waals surface area (Å²) in [6.07, 6.45) is 0. The highest BCUT2D eigenvalue weighted by Gasteiger charge is 2.64. The summed E-state index contributed by atoms with van der Waals surface area (Å²) in [5.41, 5.74) is 4.03. The molecule has 1 saturated heterocycles. The Morgan fingerprint density at radius 3 is 2.04 bits per heavy atom. The van der Waals surface area contributed by atoms with Crippen LogP contribution in [0.5, 0.6) is 0 Å². The lowest BCUT2D eigenvalue weighted by atomic mass is 10.1. The molecule has 0 bridgehead atoms. The van der Waals surface area contributed by atoms with Crippen LogP contribution in [0.2, 0.25) is 0 Å². The molecule has 152 valence electrons. The smallest absolute Gasteiger partial charge is 0.308 e. The van der Waals surface area contributed by atoms with Gasteiger partial charge in [-0.15, -0.1) is 0 Å². The minimum Gasteiger partial charge on any atom is -0.308 e. The maximum Gasteiger partial charge on any atom is 0.350 e. The topological polar surface area (TPSA) is 55.6 Å². The maximum atomic E-state index is 13.6. The van der Waals surface area contributed by atoms with Gasteiger partial charge >= 0.3 is 7.60 Å². The van der Waals surface area contributed by atoms with Gasteiger partial charge in [0.25, 0.3) is 0 Å². The van der Waals surface area contributed by atoms with Crippen molar-refractivity contribution in [1.29, 1.82) is 0 Å². The van der Waals surface area contributed by atoms with Gasteiger partial charge in [0.2, 0.25) is 0 Å². The second-order valence-electron chi connectivity index (χ2n) is 6.98. The van der Waals surface area contributed by atoms with E-state index in [0.29, 0.717) is 0 Å². The molecule has 1 fully saturated rings. The van der Waals surface area contributed by atoms with Crippen molar-refractivity contribution in [3.63, 3.8) is 0 Å². The largest absolute Gasteiger partial charge is 0.350 e. The first-order valence-corrected chi connectivity index (χ1v) is 12.3. The fourth-order valence-electron chi connectivity index (χ4n) is 3.78. The van der Waals surface area contributed by atoms with Crippen LogP contribution >= 0.6 is 7.60 Å². The minimum atomic E-state index is -3.44. The molecule has 0 aromatic heterocycles. The van der Waals surface area contributed by atoms with Crippen LogP contribution in [0.4, 0.5) is 0 Å². The lowest BCUT2D eigenvalue weighted by Gasteiger charge is -2.17. The first-order valence-electron chi connectivity index (χ1n) is 9.55. The Labute approximate surface area is 170 Å². The fourth-order valence-corrected chi connectivity index (χ4v) is 8.16. The lowest BCUT2D eigenvalue weighted by Crippen LogP contribution is -2.12. The Bertz CT molecular complexity index is 885. The highest BCUT2D eigenvalue weighted by Crippen LogP contribution is 2.69. The van der Waals surface area contributed by atoms with E-state index in [-0.39, 0.29) is 19.3 Å². The second-order valence-corrected chi connectivity index (χ2v) is 10.4. The van der Waals surface area contributed by atoms with Crippen LogP contribution in [0.15, 0.2) is 47.4 Å². The number of rotatable bonds is 8. The van der Waals surface area contributed by atoms with E-state index in [1.165, 1.54) is 0 Å². The molecule has 5 nitrogen and oxygen atoms in total. The third-order valence-corrected chi connectivity index (χ3v) is 9.18. The van der Waals surface area contributed by atoms with E-state index >= 15 is 0 Å². The van der Waals surface area contributed by atoms with Crippen molar-refractivity contribution in [2.75, 3.05) is 13.2 Å². The Hall–Kier alpha value is -1.30. The standard InChI is InChI=1S/C21H28NO4PS/c1-6-25-27(23,26-7-2)21-19(18-11-9-8-10-12-18)22(21)28(24)20-16(4)13-15(3)14-17(20)5/h8-14,19,21H,6-7H2,1-5H3/t19-,21+,22?,28?/m1/s1. The van der Waals surface area contributed by atoms with Crippen LogP contribution in [0.25, 0.3) is 0 Å². The van der Waals surface area contributed by atoms with Crippen LogP contribution in [0.3, 0.4) is 0 Å². The molecule has 2 unspecified atom stereocenters. The van der Waals surface area contributed by atoms with E-state index < -0.39 is 24.4 Å². The molecule has 0 spiro atoms. The van der Waals surface area contributed by atoms with E-state index in [1.54, 1.807) is 18.2 Å². The lowest BCUT2D eigenvalue weighted by molar-refractivity contribution is 0.216. The maximum absolute atomic E-state index is 13.6. The number of nitrogens with zero attached hydrogens (tertiary/aromatic N) is 1. The number of aryl methyl sites for hydroxylation is 3. The molecular formula is C21H28NO4PS. The number of benzene rings is 2. The van der Waals surface area contributed by atoms with Gasteiger partial charge in [-0.25, -0.2) is 4.21 Å². The van der Waals surface area contributed by atoms with Crippen LogP contribution in [-0.4, -0.2) is 27.5 Å². The zero-order chi connectivity index (χ0) is 20.5. The summed E-state index contributed by atoms with van der Waals surface area (Å²) >= 11 is 0. The van der Waals surface area contributed by atoms with Crippen molar-refractivity contribution in [3.05, 3.63) is 64.7 Å². The Morgan fingerprint density at radius 1 is 1.00 bits per heavy atom. The average molecular weight is 421 g/mol. The molecule has 0 aliphatic carbocycles. The summed E-state index contributed by atoms with van der Waals surface area (Å²) in [5, 5.41) is 0. The van der Waals surface area contributed by atoms with Gasteiger partial charge in [0.15, 0.2) is 0 Å². The molecule has 0 saturated carbocycles. The van der Waals surface area contributed by atoms with Gasteiger partial charge in [-0.3, -0.25) is 4.57 Å². The van der Waals surface area contributed by atoms with Gasteiger partial charge in [-0.05, 0) is 51.3 Å². The van der Waals surface area contributed by atoms with E-state index in [0.717, 1.165) is 27.1 Å². The van der Waals surface area contributed by atoms with Gasteiger partial charge in [0.05, 0.1) is 24.2 Å². The average Bonchev–Trinajstić information content (AvgIpc) is 3.38. The molecule has 2 aromatic rings. The molecule has 0 amide bonds. The van der Waals surface area contributed by atoms with E-state index in [9.17, 15) is 8.77 Å². The summed E-state index contributed by atoms with van der Waals surface area (Å²) < 4.78 is 40.1. The Morgan fingerprint density at radius 2 is 1.54 bits per heavy atom. The van der Waals surface area contributed by atoms with Gasteiger partial charge in [0, 0.05) is 0 Å². The zero-order valence-corrected chi connectivity index (χ0v) is 18.8. The van der Waals surface area contributed by atoms with Crippen molar-refractivity contribution in [1.82, 2.24) is 4.31 Å². The summed E-state index contributed by atoms with van der Waals surface area (Å²) in [4.78, 5) is 0.772. The van der Waals surface area contributed by atoms with Crippen molar-refractivity contribution in [3.8, 4) is 0 Å². The quantitative estimate of drug-likeness (QED) is 0.430. The first-order chi connectivity index (χ1) is 13.3. The fraction of sp³-hybridized carbons (Fsp3) is 0.429. The molecule has 1 aliphatic rings. The zero-order valence-electron chi connectivity index (χ0n) is 17.0. The molecule has 1 aliphatic heterocycles. The molecule has 0 radical (unpaired) electrons. The third kappa shape index (κ3) is 4.03. The molecular weight excluding hydrogens is 393 g/mol. The predicted molar refractivity (Wildman–Crippen MR) is 113 cm³/mol. The molecule has 3 rings (SSSR count). The number of hydrogen-bond acceptors (Lipinski definition) is 4. The molecule has 0 N–H and O–H groups in total. The molecule has 7 heteroatoms. The van der Waals surface area contributed by atoms with Crippen LogP contribution in [-0.2, 0) is 24.6 Å². The minimum absolute atomic E-state index is 0.272. The van der Waals surface area contributed by atoms with E-state index in [4.69, 9.17) is 9.05 Å². The predicted octanol–water partition coefficient (Wildman–Crippen LogP) is 5.28. The molecule has 4 atom stereocenters. The number of hydrogen-bond donors (Lipinski definition) is 0. The molecule has 28 heavy (non-hydrogen) atoms. The van der Waals surface area contributed by atoms with Gasteiger partial charge in [-0.1, -0.05) is 48.0 Å². The van der Waals surface area contributed by atoms with Crippen molar-refractivity contribution >= 4 is 18.6 Å². The Kier molecular flexibility index (Phi) is 6.58. The van der Waals surface area contributed by atoms with Crippen molar-refractivity contribution in [2.45, 2.75) is 51.3 Å². The van der Waals surface area contributed by atoms with Gasteiger partial charge in [0.1, 0.15) is 16.8 Å². The Balaban J connectivity index is 2.04. The highest BCUT2D eigenvalue weighted by atomic mass is 32.2. The van der Waals surface area contributed by atoms with E-state index in [2.05, 4.69) is 0 Å². The highest BCUT2D eigenvalue weighted by molar-refractivity contribution is 7.83. The SMILES string of the molecule is CCOP(=O)(OCC)[C@H]1[C@@H](c2ccccc2)N1S(=O)c1c(C)cc(C)cc1C.